The van der Waals surface area contributed by atoms with Gasteiger partial charge in [-0.1, -0.05) is 22.0 Å². The van der Waals surface area contributed by atoms with Gasteiger partial charge in [-0.2, -0.15) is 0 Å². The van der Waals surface area contributed by atoms with Crippen molar-refractivity contribution in [2.24, 2.45) is 5.84 Å². The first-order chi connectivity index (χ1) is 15.9. The summed E-state index contributed by atoms with van der Waals surface area (Å²) >= 11 is 3.36. The number of anilines is 1. The van der Waals surface area contributed by atoms with Gasteiger partial charge in [-0.15, -0.1) is 0 Å². The molecule has 5 rings (SSSR count). The average molecular weight is 504 g/mol. The molecule has 0 aliphatic heterocycles. The van der Waals surface area contributed by atoms with Gasteiger partial charge in [0, 0.05) is 34.3 Å². The highest BCUT2D eigenvalue weighted by Gasteiger charge is 2.23. The zero-order chi connectivity index (χ0) is 23.1. The number of halogens is 1. The molecular weight excluding hydrogens is 486 g/mol. The van der Waals surface area contributed by atoms with Crippen molar-refractivity contribution in [1.29, 1.82) is 0 Å². The standard InChI is InChI=1S/C23H18BrN7O2/c1-13-9-16(30-8-7-26-12-30)11-17-20(13)29-21(28-17)19-18(5-6-27-22(19)32)31(25)23(33)14-3-2-4-15(24)10-14/h2-12H,25H2,1H3,(H,27,32)(H,28,29). The van der Waals surface area contributed by atoms with Crippen LogP contribution >= 0.6 is 15.9 Å². The number of rotatable bonds is 4. The summed E-state index contributed by atoms with van der Waals surface area (Å²) < 4.78 is 2.63. The minimum Gasteiger partial charge on any atom is -0.338 e. The molecule has 0 saturated carbocycles. The number of fused-ring (bicyclic) bond motifs is 1. The van der Waals surface area contributed by atoms with Crippen LogP contribution in [0, 0.1) is 6.92 Å². The normalized spacial score (nSPS) is 11.1. The van der Waals surface area contributed by atoms with Crippen molar-refractivity contribution < 1.29 is 4.79 Å². The van der Waals surface area contributed by atoms with Crippen molar-refractivity contribution in [2.45, 2.75) is 6.92 Å². The number of aryl methyl sites for hydroxylation is 1. The highest BCUT2D eigenvalue weighted by molar-refractivity contribution is 9.10. The van der Waals surface area contributed by atoms with Gasteiger partial charge >= 0.3 is 0 Å². The highest BCUT2D eigenvalue weighted by Crippen LogP contribution is 2.29. The van der Waals surface area contributed by atoms with Gasteiger partial charge in [-0.25, -0.2) is 20.8 Å². The lowest BCUT2D eigenvalue weighted by Crippen LogP contribution is -2.38. The zero-order valence-corrected chi connectivity index (χ0v) is 19.0. The Bertz CT molecular complexity index is 1550. The van der Waals surface area contributed by atoms with Gasteiger partial charge in [-0.05, 0) is 48.9 Å². The van der Waals surface area contributed by atoms with E-state index in [1.54, 1.807) is 36.8 Å². The van der Waals surface area contributed by atoms with Crippen LogP contribution in [0.15, 0.2) is 76.6 Å². The summed E-state index contributed by atoms with van der Waals surface area (Å²) in [5.74, 6) is 6.05. The predicted molar refractivity (Wildman–Crippen MR) is 129 cm³/mol. The second-order valence-corrected chi connectivity index (χ2v) is 8.38. The Balaban J connectivity index is 1.62. The van der Waals surface area contributed by atoms with Crippen LogP contribution in [0.25, 0.3) is 28.1 Å². The zero-order valence-electron chi connectivity index (χ0n) is 17.4. The van der Waals surface area contributed by atoms with E-state index >= 15 is 0 Å². The Morgan fingerprint density at radius 3 is 2.82 bits per heavy atom. The molecule has 3 aromatic heterocycles. The van der Waals surface area contributed by atoms with E-state index in [4.69, 9.17) is 5.84 Å². The van der Waals surface area contributed by atoms with Crippen LogP contribution in [0.1, 0.15) is 15.9 Å². The first-order valence-electron chi connectivity index (χ1n) is 9.98. The van der Waals surface area contributed by atoms with Gasteiger partial charge in [0.15, 0.2) is 0 Å². The van der Waals surface area contributed by atoms with E-state index < -0.39 is 11.5 Å². The van der Waals surface area contributed by atoms with E-state index in [1.165, 1.54) is 6.20 Å². The third kappa shape index (κ3) is 3.75. The lowest BCUT2D eigenvalue weighted by atomic mass is 10.1. The van der Waals surface area contributed by atoms with Crippen LogP contribution in [-0.4, -0.2) is 30.4 Å². The number of carbonyl (C=O) groups is 1. The van der Waals surface area contributed by atoms with E-state index in [2.05, 4.69) is 35.9 Å². The number of pyridine rings is 1. The first kappa shape index (κ1) is 20.9. The third-order valence-corrected chi connectivity index (χ3v) is 5.78. The average Bonchev–Trinajstić information content (AvgIpc) is 3.48. The lowest BCUT2D eigenvalue weighted by molar-refractivity contribution is 0.0987. The van der Waals surface area contributed by atoms with Crippen LogP contribution in [-0.2, 0) is 0 Å². The summed E-state index contributed by atoms with van der Waals surface area (Å²) in [6, 6.07) is 12.3. The molecule has 164 valence electrons. The molecule has 5 aromatic rings. The number of H-pyrrole nitrogens is 2. The number of hydrogen-bond acceptors (Lipinski definition) is 5. The maximum Gasteiger partial charge on any atom is 0.272 e. The Kier molecular flexibility index (Phi) is 5.15. The molecular formula is C23H18BrN7O2. The molecule has 2 aromatic carbocycles. The molecule has 0 bridgehead atoms. The molecule has 0 radical (unpaired) electrons. The number of nitrogens with two attached hydrogens (primary N) is 1. The van der Waals surface area contributed by atoms with E-state index in [0.717, 1.165) is 26.2 Å². The number of nitrogens with zero attached hydrogens (tertiary/aromatic N) is 4. The topological polar surface area (TPSA) is 126 Å². The third-order valence-electron chi connectivity index (χ3n) is 5.29. The van der Waals surface area contributed by atoms with Crippen molar-refractivity contribution in [3.63, 3.8) is 0 Å². The minimum atomic E-state index is -0.460. The number of carbonyl (C=O) groups excluding carboxylic acids is 1. The Labute approximate surface area is 196 Å². The fourth-order valence-corrected chi connectivity index (χ4v) is 4.12. The number of nitrogens with one attached hydrogen (secondary N) is 2. The number of amides is 1. The minimum absolute atomic E-state index is 0.170. The van der Waals surface area contributed by atoms with Crippen molar-refractivity contribution in [2.75, 3.05) is 5.01 Å². The molecule has 4 N–H and O–H groups in total. The molecule has 0 aliphatic rings. The monoisotopic (exact) mass is 503 g/mol. The number of benzene rings is 2. The molecule has 10 heteroatoms. The maximum absolute atomic E-state index is 13.0. The van der Waals surface area contributed by atoms with Gasteiger partial charge in [0.05, 0.1) is 23.0 Å². The summed E-state index contributed by atoms with van der Waals surface area (Å²) in [5, 5.41) is 0.962. The predicted octanol–water partition coefficient (Wildman–Crippen LogP) is 3.70. The first-order valence-corrected chi connectivity index (χ1v) is 10.8. The molecule has 0 atom stereocenters. The number of imidazole rings is 2. The SMILES string of the molecule is Cc1cc(-n2ccnc2)cc2[nH]c(-c3c(N(N)C(=O)c4cccc(Br)c4)cc[nH]c3=O)nc12. The largest absolute Gasteiger partial charge is 0.338 e. The lowest BCUT2D eigenvalue weighted by Gasteiger charge is -2.19. The Morgan fingerprint density at radius 1 is 1.21 bits per heavy atom. The smallest absolute Gasteiger partial charge is 0.272 e. The molecule has 3 heterocycles. The number of hydrogen-bond donors (Lipinski definition) is 3. The summed E-state index contributed by atoms with van der Waals surface area (Å²) in [6.07, 6.45) is 6.70. The Hall–Kier alpha value is -4.02. The molecule has 0 unspecified atom stereocenters. The van der Waals surface area contributed by atoms with Crippen LogP contribution in [0.3, 0.4) is 0 Å². The second-order valence-electron chi connectivity index (χ2n) is 7.47. The van der Waals surface area contributed by atoms with Gasteiger partial charge < -0.3 is 14.5 Å². The van der Waals surface area contributed by atoms with Crippen molar-refractivity contribution >= 4 is 38.6 Å². The number of hydrazine groups is 1. The molecule has 0 fully saturated rings. The summed E-state index contributed by atoms with van der Waals surface area (Å²) in [7, 11) is 0. The summed E-state index contributed by atoms with van der Waals surface area (Å²) in [5.41, 5.74) is 3.64. The van der Waals surface area contributed by atoms with E-state index in [9.17, 15) is 9.59 Å². The number of aromatic nitrogens is 5. The summed E-state index contributed by atoms with van der Waals surface area (Å²) in [6.45, 7) is 1.94. The van der Waals surface area contributed by atoms with E-state index in [0.29, 0.717) is 16.9 Å². The fraction of sp³-hybridized carbons (Fsp3) is 0.0435. The van der Waals surface area contributed by atoms with Crippen molar-refractivity contribution in [1.82, 2.24) is 24.5 Å². The quantitative estimate of drug-likeness (QED) is 0.196. The van der Waals surface area contributed by atoms with Crippen LogP contribution in [0.5, 0.6) is 0 Å². The second kappa shape index (κ2) is 8.15. The van der Waals surface area contributed by atoms with E-state index in [1.807, 2.05) is 35.9 Å². The van der Waals surface area contributed by atoms with E-state index in [-0.39, 0.29) is 11.3 Å². The fourth-order valence-electron chi connectivity index (χ4n) is 3.72. The van der Waals surface area contributed by atoms with Gasteiger partial charge in [-0.3, -0.25) is 9.59 Å². The molecule has 0 aliphatic carbocycles. The molecule has 0 saturated heterocycles. The van der Waals surface area contributed by atoms with Gasteiger partial charge in [0.25, 0.3) is 11.5 Å². The van der Waals surface area contributed by atoms with Crippen LogP contribution < -0.4 is 16.4 Å². The van der Waals surface area contributed by atoms with Crippen molar-refractivity contribution in [3.8, 4) is 17.1 Å². The summed E-state index contributed by atoms with van der Waals surface area (Å²) in [4.78, 5) is 40.5. The molecule has 1 amide bonds. The maximum atomic E-state index is 13.0. The van der Waals surface area contributed by atoms with Gasteiger partial charge in [0.2, 0.25) is 0 Å². The highest BCUT2D eigenvalue weighted by atomic mass is 79.9. The molecule has 0 spiro atoms. The van der Waals surface area contributed by atoms with Crippen LogP contribution in [0.4, 0.5) is 5.69 Å². The molecule has 33 heavy (non-hydrogen) atoms. The Morgan fingerprint density at radius 2 is 2.06 bits per heavy atom. The van der Waals surface area contributed by atoms with Crippen LogP contribution in [0.2, 0.25) is 0 Å². The molecule has 9 nitrogen and oxygen atoms in total. The van der Waals surface area contributed by atoms with Gasteiger partial charge in [0.1, 0.15) is 11.4 Å². The van der Waals surface area contributed by atoms with Crippen molar-refractivity contribution in [3.05, 3.63) is 93.3 Å². The number of aromatic amines is 2.